The fourth-order valence-corrected chi connectivity index (χ4v) is 4.52. The quantitative estimate of drug-likeness (QED) is 0.421. The molecule has 174 valence electrons. The first-order valence-corrected chi connectivity index (χ1v) is 12.2. The highest BCUT2D eigenvalue weighted by atomic mass is 32.2. The van der Waals surface area contributed by atoms with E-state index in [1.54, 1.807) is 12.1 Å². The van der Waals surface area contributed by atoms with E-state index in [9.17, 15) is 13.2 Å². The first kappa shape index (κ1) is 23.4. The van der Waals surface area contributed by atoms with Gasteiger partial charge in [-0.05, 0) is 23.8 Å². The van der Waals surface area contributed by atoms with Gasteiger partial charge in [-0.2, -0.15) is 5.10 Å². The molecular weight excluding hydrogens is 448 g/mol. The molecule has 1 amide bonds. The Morgan fingerprint density at radius 2 is 1.62 bits per heavy atom. The Kier molecular flexibility index (Phi) is 6.90. The van der Waals surface area contributed by atoms with Gasteiger partial charge in [0.2, 0.25) is 10.0 Å². The molecule has 0 atom stereocenters. The summed E-state index contributed by atoms with van der Waals surface area (Å²) in [6, 6.07) is 25.9. The fourth-order valence-electron chi connectivity index (χ4n) is 3.57. The Morgan fingerprint density at radius 1 is 0.941 bits per heavy atom. The number of amides is 1. The smallest absolute Gasteiger partial charge is 0.251 e. The highest BCUT2D eigenvalue weighted by Gasteiger charge is 2.19. The van der Waals surface area contributed by atoms with Crippen LogP contribution in [0.1, 0.15) is 21.5 Å². The van der Waals surface area contributed by atoms with Crippen molar-refractivity contribution in [3.05, 3.63) is 108 Å². The van der Waals surface area contributed by atoms with Crippen LogP contribution in [0.15, 0.2) is 96.0 Å². The Bertz CT molecular complexity index is 1380. The molecule has 0 fully saturated rings. The van der Waals surface area contributed by atoms with E-state index in [1.165, 1.54) is 26.2 Å². The van der Waals surface area contributed by atoms with E-state index in [4.69, 9.17) is 5.10 Å². The Morgan fingerprint density at radius 3 is 2.29 bits per heavy atom. The van der Waals surface area contributed by atoms with E-state index >= 15 is 0 Å². The molecule has 7 nitrogen and oxygen atoms in total. The summed E-state index contributed by atoms with van der Waals surface area (Å²) in [4.78, 5) is 12.9. The van der Waals surface area contributed by atoms with Gasteiger partial charge < -0.3 is 5.32 Å². The van der Waals surface area contributed by atoms with Gasteiger partial charge in [-0.3, -0.25) is 9.48 Å². The number of nitrogens with zero attached hydrogens (tertiary/aromatic N) is 3. The number of carbonyl (C=O) groups is 1. The van der Waals surface area contributed by atoms with Crippen molar-refractivity contribution in [3.63, 3.8) is 0 Å². The molecule has 0 aliphatic carbocycles. The minimum Gasteiger partial charge on any atom is -0.348 e. The van der Waals surface area contributed by atoms with E-state index in [0.717, 1.165) is 26.7 Å². The van der Waals surface area contributed by atoms with Crippen molar-refractivity contribution in [2.75, 3.05) is 14.1 Å². The number of rotatable bonds is 8. The molecule has 0 radical (unpaired) electrons. The molecule has 4 aromatic rings. The van der Waals surface area contributed by atoms with E-state index in [-0.39, 0.29) is 22.9 Å². The van der Waals surface area contributed by atoms with E-state index in [2.05, 4.69) is 5.32 Å². The Balaban J connectivity index is 1.57. The maximum atomic E-state index is 12.9. The average Bonchev–Trinajstić information content (AvgIpc) is 3.26. The van der Waals surface area contributed by atoms with Crippen LogP contribution in [-0.2, 0) is 23.1 Å². The lowest BCUT2D eigenvalue weighted by molar-refractivity contribution is 0.0950. The number of nitrogens with one attached hydrogen (secondary N) is 1. The SMILES string of the molecule is CN(C)S(=O)(=O)c1cccc(C(=O)NCc2cn(Cc3ccccc3)nc2-c2ccccc2)c1. The number of hydrogen-bond donors (Lipinski definition) is 1. The van der Waals surface area contributed by atoms with Gasteiger partial charge >= 0.3 is 0 Å². The summed E-state index contributed by atoms with van der Waals surface area (Å²) in [7, 11) is -0.712. The van der Waals surface area contributed by atoms with Crippen molar-refractivity contribution in [2.24, 2.45) is 0 Å². The maximum absolute atomic E-state index is 12.9. The van der Waals surface area contributed by atoms with Crippen LogP contribution in [0.2, 0.25) is 0 Å². The molecule has 0 aliphatic heterocycles. The number of benzene rings is 3. The minimum absolute atomic E-state index is 0.0748. The van der Waals surface area contributed by atoms with Crippen LogP contribution in [0.3, 0.4) is 0 Å². The van der Waals surface area contributed by atoms with Crippen LogP contribution in [0.4, 0.5) is 0 Å². The molecule has 1 heterocycles. The summed E-state index contributed by atoms with van der Waals surface area (Å²) >= 11 is 0. The molecular formula is C26H26N4O3S. The number of aromatic nitrogens is 2. The molecule has 0 spiro atoms. The molecule has 0 saturated carbocycles. The molecule has 4 rings (SSSR count). The van der Waals surface area contributed by atoms with Crippen molar-refractivity contribution in [2.45, 2.75) is 18.0 Å². The summed E-state index contributed by atoms with van der Waals surface area (Å²) in [6.45, 7) is 0.863. The number of carbonyl (C=O) groups excluding carboxylic acids is 1. The molecule has 0 bridgehead atoms. The zero-order valence-electron chi connectivity index (χ0n) is 19.0. The van der Waals surface area contributed by atoms with Crippen LogP contribution in [0, 0.1) is 0 Å². The predicted molar refractivity (Wildman–Crippen MR) is 132 cm³/mol. The third kappa shape index (κ3) is 5.24. The molecule has 34 heavy (non-hydrogen) atoms. The van der Waals surface area contributed by atoms with Crippen LogP contribution >= 0.6 is 0 Å². The van der Waals surface area contributed by atoms with E-state index in [0.29, 0.717) is 6.54 Å². The molecule has 8 heteroatoms. The Labute approximate surface area is 199 Å². The average molecular weight is 475 g/mol. The van der Waals surface area contributed by atoms with Gasteiger partial charge in [0.15, 0.2) is 0 Å². The first-order valence-electron chi connectivity index (χ1n) is 10.8. The van der Waals surface area contributed by atoms with Crippen LogP contribution in [0.5, 0.6) is 0 Å². The normalized spacial score (nSPS) is 11.5. The lowest BCUT2D eigenvalue weighted by Gasteiger charge is -2.12. The van der Waals surface area contributed by atoms with E-state index in [1.807, 2.05) is 71.5 Å². The first-order chi connectivity index (χ1) is 16.3. The predicted octanol–water partition coefficient (Wildman–Crippen LogP) is 3.78. The summed E-state index contributed by atoms with van der Waals surface area (Å²) in [6.07, 6.45) is 1.93. The highest BCUT2D eigenvalue weighted by Crippen LogP contribution is 2.23. The zero-order chi connectivity index (χ0) is 24.1. The van der Waals surface area contributed by atoms with Gasteiger partial charge in [-0.25, -0.2) is 12.7 Å². The van der Waals surface area contributed by atoms with Crippen LogP contribution in [0.25, 0.3) is 11.3 Å². The molecule has 0 saturated heterocycles. The van der Waals surface area contributed by atoms with Crippen molar-refractivity contribution in [1.82, 2.24) is 19.4 Å². The van der Waals surface area contributed by atoms with Crippen LogP contribution < -0.4 is 5.32 Å². The molecule has 1 aromatic heterocycles. The standard InChI is InChI=1S/C26H26N4O3S/c1-29(2)34(32,33)24-15-9-14-22(16-24)26(31)27-17-23-19-30(18-20-10-5-3-6-11-20)28-25(23)21-12-7-4-8-13-21/h3-16,19H,17-18H2,1-2H3,(H,27,31). The second kappa shape index (κ2) is 10.0. The van der Waals surface area contributed by atoms with Gasteiger partial charge in [0.1, 0.15) is 0 Å². The van der Waals surface area contributed by atoms with Crippen molar-refractivity contribution >= 4 is 15.9 Å². The third-order valence-electron chi connectivity index (χ3n) is 5.39. The number of sulfonamides is 1. The van der Waals surface area contributed by atoms with Gasteiger partial charge in [-0.1, -0.05) is 66.7 Å². The highest BCUT2D eigenvalue weighted by molar-refractivity contribution is 7.89. The fraction of sp³-hybridized carbons (Fsp3) is 0.154. The van der Waals surface area contributed by atoms with Gasteiger partial charge in [0.25, 0.3) is 5.91 Å². The number of hydrogen-bond acceptors (Lipinski definition) is 4. The van der Waals surface area contributed by atoms with Gasteiger partial charge in [0.05, 0.1) is 17.1 Å². The second-order valence-corrected chi connectivity index (χ2v) is 10.2. The maximum Gasteiger partial charge on any atom is 0.251 e. The Hall–Kier alpha value is -3.75. The van der Waals surface area contributed by atoms with Gasteiger partial charge in [0, 0.05) is 43.5 Å². The lowest BCUT2D eigenvalue weighted by Crippen LogP contribution is -2.25. The lowest BCUT2D eigenvalue weighted by atomic mass is 10.1. The minimum atomic E-state index is -3.63. The second-order valence-electron chi connectivity index (χ2n) is 8.05. The molecule has 0 aliphatic rings. The monoisotopic (exact) mass is 474 g/mol. The van der Waals surface area contributed by atoms with Crippen molar-refractivity contribution in [3.8, 4) is 11.3 Å². The third-order valence-corrected chi connectivity index (χ3v) is 7.20. The van der Waals surface area contributed by atoms with Crippen molar-refractivity contribution < 1.29 is 13.2 Å². The van der Waals surface area contributed by atoms with Gasteiger partial charge in [-0.15, -0.1) is 0 Å². The van der Waals surface area contributed by atoms with E-state index < -0.39 is 10.0 Å². The zero-order valence-corrected chi connectivity index (χ0v) is 19.9. The topological polar surface area (TPSA) is 84.3 Å². The van der Waals surface area contributed by atoms with Crippen molar-refractivity contribution in [1.29, 1.82) is 0 Å². The summed E-state index contributed by atoms with van der Waals surface area (Å²) < 4.78 is 27.8. The summed E-state index contributed by atoms with van der Waals surface area (Å²) in [5, 5.41) is 7.68. The molecule has 3 aromatic carbocycles. The largest absolute Gasteiger partial charge is 0.348 e. The summed E-state index contributed by atoms with van der Waals surface area (Å²) in [5.41, 5.74) is 4.02. The molecule has 0 unspecified atom stereocenters. The molecule has 1 N–H and O–H groups in total. The summed E-state index contributed by atoms with van der Waals surface area (Å²) in [5.74, 6) is -0.356. The van der Waals surface area contributed by atoms with Crippen LogP contribution in [-0.4, -0.2) is 42.5 Å².